The van der Waals surface area contributed by atoms with Crippen LogP contribution in [0.25, 0.3) is 0 Å². The van der Waals surface area contributed by atoms with Gasteiger partial charge in [0.05, 0.1) is 0 Å². The van der Waals surface area contributed by atoms with E-state index in [1.807, 2.05) is 19.2 Å². The molecule has 1 unspecified atom stereocenters. The van der Waals surface area contributed by atoms with Crippen LogP contribution in [0.15, 0.2) is 24.5 Å². The Morgan fingerprint density at radius 1 is 1.50 bits per heavy atom. The molecule has 1 aromatic rings. The molecule has 0 saturated heterocycles. The molecule has 0 aliphatic carbocycles. The number of unbranched alkanes of at least 4 members (excludes halogenated alkanes) is 1. The lowest BCUT2D eigenvalue weighted by Crippen LogP contribution is -2.24. The van der Waals surface area contributed by atoms with Crippen molar-refractivity contribution in [1.29, 1.82) is 0 Å². The number of nitrogens with zero attached hydrogens (tertiary/aromatic N) is 1. The SMILES string of the molecule is CCCCC(CC#Cc1cccnc1)NC. The molecule has 0 bridgehead atoms. The molecule has 0 saturated carbocycles. The summed E-state index contributed by atoms with van der Waals surface area (Å²) >= 11 is 0. The van der Waals surface area contributed by atoms with Gasteiger partial charge in [0.2, 0.25) is 0 Å². The first-order valence-corrected chi connectivity index (χ1v) is 5.93. The third-order valence-corrected chi connectivity index (χ3v) is 2.56. The van der Waals surface area contributed by atoms with E-state index in [9.17, 15) is 0 Å². The lowest BCUT2D eigenvalue weighted by molar-refractivity contribution is 0.510. The van der Waals surface area contributed by atoms with Gasteiger partial charge in [-0.2, -0.15) is 0 Å². The lowest BCUT2D eigenvalue weighted by atomic mass is 10.1. The molecule has 0 aliphatic heterocycles. The van der Waals surface area contributed by atoms with Gasteiger partial charge in [0.1, 0.15) is 0 Å². The van der Waals surface area contributed by atoms with Crippen molar-refractivity contribution in [3.8, 4) is 11.8 Å². The fourth-order valence-electron chi connectivity index (χ4n) is 1.51. The summed E-state index contributed by atoms with van der Waals surface area (Å²) in [6.07, 6.45) is 8.19. The van der Waals surface area contributed by atoms with E-state index in [2.05, 4.69) is 29.1 Å². The number of rotatable bonds is 5. The normalized spacial score (nSPS) is 11.6. The van der Waals surface area contributed by atoms with Gasteiger partial charge in [-0.25, -0.2) is 0 Å². The van der Waals surface area contributed by atoms with Crippen molar-refractivity contribution in [3.63, 3.8) is 0 Å². The van der Waals surface area contributed by atoms with E-state index < -0.39 is 0 Å². The van der Waals surface area contributed by atoms with Crippen LogP contribution in [0.3, 0.4) is 0 Å². The molecule has 16 heavy (non-hydrogen) atoms. The second-order valence-corrected chi connectivity index (χ2v) is 3.88. The van der Waals surface area contributed by atoms with Crippen molar-refractivity contribution in [3.05, 3.63) is 30.1 Å². The molecule has 1 rings (SSSR count). The number of aromatic nitrogens is 1. The molecule has 1 atom stereocenters. The maximum atomic E-state index is 4.03. The zero-order valence-electron chi connectivity index (χ0n) is 10.2. The molecule has 0 radical (unpaired) electrons. The molecule has 1 aromatic heterocycles. The summed E-state index contributed by atoms with van der Waals surface area (Å²) in [6.45, 7) is 2.22. The summed E-state index contributed by atoms with van der Waals surface area (Å²) in [5.74, 6) is 6.34. The van der Waals surface area contributed by atoms with Gasteiger partial charge in [-0.05, 0) is 25.6 Å². The number of nitrogens with one attached hydrogen (secondary N) is 1. The molecule has 0 aliphatic rings. The van der Waals surface area contributed by atoms with Gasteiger partial charge in [0.15, 0.2) is 0 Å². The summed E-state index contributed by atoms with van der Waals surface area (Å²) in [5, 5.41) is 3.31. The largest absolute Gasteiger partial charge is 0.316 e. The maximum absolute atomic E-state index is 4.03. The van der Waals surface area contributed by atoms with Gasteiger partial charge in [-0.3, -0.25) is 4.98 Å². The van der Waals surface area contributed by atoms with Gasteiger partial charge in [-0.1, -0.05) is 31.6 Å². The molecule has 2 nitrogen and oxygen atoms in total. The van der Waals surface area contributed by atoms with Crippen LogP contribution in [0.2, 0.25) is 0 Å². The van der Waals surface area contributed by atoms with Crippen LogP contribution in [0.1, 0.15) is 38.2 Å². The molecule has 0 fully saturated rings. The average Bonchev–Trinajstić information content (AvgIpc) is 2.35. The second kappa shape index (κ2) is 7.90. The third-order valence-electron chi connectivity index (χ3n) is 2.56. The second-order valence-electron chi connectivity index (χ2n) is 3.88. The highest BCUT2D eigenvalue weighted by Crippen LogP contribution is 2.03. The van der Waals surface area contributed by atoms with Crippen LogP contribution in [0, 0.1) is 11.8 Å². The highest BCUT2D eigenvalue weighted by atomic mass is 14.9. The Bertz CT molecular complexity index is 335. The van der Waals surface area contributed by atoms with Gasteiger partial charge in [0, 0.05) is 30.4 Å². The van der Waals surface area contributed by atoms with E-state index in [0.29, 0.717) is 6.04 Å². The Hall–Kier alpha value is -1.33. The number of pyridine rings is 1. The lowest BCUT2D eigenvalue weighted by Gasteiger charge is -2.11. The summed E-state index contributed by atoms with van der Waals surface area (Å²) in [6, 6.07) is 4.42. The third kappa shape index (κ3) is 4.95. The van der Waals surface area contributed by atoms with Crippen molar-refractivity contribution in [2.45, 2.75) is 38.6 Å². The van der Waals surface area contributed by atoms with Crippen molar-refractivity contribution in [2.75, 3.05) is 7.05 Å². The van der Waals surface area contributed by atoms with Crippen LogP contribution >= 0.6 is 0 Å². The summed E-state index contributed by atoms with van der Waals surface area (Å²) in [7, 11) is 2.01. The quantitative estimate of drug-likeness (QED) is 0.765. The van der Waals surface area contributed by atoms with E-state index in [4.69, 9.17) is 0 Å². The van der Waals surface area contributed by atoms with Crippen LogP contribution < -0.4 is 5.32 Å². The average molecular weight is 216 g/mol. The Morgan fingerprint density at radius 3 is 3.00 bits per heavy atom. The van der Waals surface area contributed by atoms with Crippen LogP contribution in [-0.4, -0.2) is 18.1 Å². The Balaban J connectivity index is 2.40. The molecule has 86 valence electrons. The van der Waals surface area contributed by atoms with E-state index in [1.165, 1.54) is 19.3 Å². The highest BCUT2D eigenvalue weighted by molar-refractivity contribution is 5.31. The molecule has 1 heterocycles. The zero-order chi connectivity index (χ0) is 11.6. The Morgan fingerprint density at radius 2 is 2.38 bits per heavy atom. The summed E-state index contributed by atoms with van der Waals surface area (Å²) in [4.78, 5) is 4.03. The summed E-state index contributed by atoms with van der Waals surface area (Å²) in [5.41, 5.74) is 0.993. The monoisotopic (exact) mass is 216 g/mol. The molecule has 0 aromatic carbocycles. The molecule has 0 amide bonds. The number of hydrogen-bond donors (Lipinski definition) is 1. The van der Waals surface area contributed by atoms with E-state index in [0.717, 1.165) is 12.0 Å². The summed E-state index contributed by atoms with van der Waals surface area (Å²) < 4.78 is 0. The minimum Gasteiger partial charge on any atom is -0.316 e. The predicted molar refractivity (Wildman–Crippen MR) is 68.1 cm³/mol. The van der Waals surface area contributed by atoms with Crippen molar-refractivity contribution >= 4 is 0 Å². The first kappa shape index (κ1) is 12.7. The number of hydrogen-bond acceptors (Lipinski definition) is 2. The first-order valence-electron chi connectivity index (χ1n) is 5.93. The van der Waals surface area contributed by atoms with Crippen LogP contribution in [0.4, 0.5) is 0 Å². The van der Waals surface area contributed by atoms with Crippen LogP contribution in [0.5, 0.6) is 0 Å². The maximum Gasteiger partial charge on any atom is 0.0428 e. The van der Waals surface area contributed by atoms with Gasteiger partial charge >= 0.3 is 0 Å². The van der Waals surface area contributed by atoms with E-state index in [-0.39, 0.29) is 0 Å². The predicted octanol–water partition coefficient (Wildman–Crippen LogP) is 2.60. The molecular formula is C14H20N2. The zero-order valence-corrected chi connectivity index (χ0v) is 10.2. The van der Waals surface area contributed by atoms with Crippen molar-refractivity contribution < 1.29 is 0 Å². The molecular weight excluding hydrogens is 196 g/mol. The molecule has 1 N–H and O–H groups in total. The van der Waals surface area contributed by atoms with Crippen molar-refractivity contribution in [1.82, 2.24) is 10.3 Å². The molecule has 0 spiro atoms. The minimum absolute atomic E-state index is 0.518. The van der Waals surface area contributed by atoms with Gasteiger partial charge in [-0.15, -0.1) is 0 Å². The van der Waals surface area contributed by atoms with E-state index >= 15 is 0 Å². The van der Waals surface area contributed by atoms with Crippen LogP contribution in [-0.2, 0) is 0 Å². The fourth-order valence-corrected chi connectivity index (χ4v) is 1.51. The van der Waals surface area contributed by atoms with E-state index in [1.54, 1.807) is 12.4 Å². The van der Waals surface area contributed by atoms with Crippen molar-refractivity contribution in [2.24, 2.45) is 0 Å². The fraction of sp³-hybridized carbons (Fsp3) is 0.500. The minimum atomic E-state index is 0.518. The Kier molecular flexibility index (Phi) is 6.29. The standard InChI is InChI=1S/C14H20N2/c1-3-4-9-14(15-2)10-5-7-13-8-6-11-16-12-13/h6,8,11-12,14-15H,3-4,9-10H2,1-2H3. The van der Waals surface area contributed by atoms with Gasteiger partial charge in [0.25, 0.3) is 0 Å². The van der Waals surface area contributed by atoms with Gasteiger partial charge < -0.3 is 5.32 Å². The Labute approximate surface area is 98.5 Å². The topological polar surface area (TPSA) is 24.9 Å². The first-order chi connectivity index (χ1) is 7.86. The molecule has 2 heteroatoms. The highest BCUT2D eigenvalue weighted by Gasteiger charge is 2.01. The smallest absolute Gasteiger partial charge is 0.0428 e.